The largest absolute Gasteiger partial charge is 0.368 e. The predicted molar refractivity (Wildman–Crippen MR) is 58.3 cm³/mol. The zero-order chi connectivity index (χ0) is 11.6. The summed E-state index contributed by atoms with van der Waals surface area (Å²) in [5.74, 6) is -0.378. The standard InChI is InChI=1S/C10H18N4O/c1-5(2)12-9(10(11)15)8-6(3)13-14-7(8)4/h5,9,12H,1-4H3,(H2,11,15)(H,13,14). The Morgan fingerprint density at radius 3 is 2.40 bits per heavy atom. The van der Waals surface area contributed by atoms with Gasteiger partial charge >= 0.3 is 0 Å². The minimum Gasteiger partial charge on any atom is -0.368 e. The molecule has 5 heteroatoms. The van der Waals surface area contributed by atoms with Gasteiger partial charge in [0.1, 0.15) is 6.04 Å². The molecule has 0 aliphatic heterocycles. The molecule has 0 radical (unpaired) electrons. The second kappa shape index (κ2) is 4.44. The van der Waals surface area contributed by atoms with Crippen LogP contribution in [0.3, 0.4) is 0 Å². The Kier molecular flexibility index (Phi) is 3.47. The van der Waals surface area contributed by atoms with Crippen LogP contribution in [0, 0.1) is 13.8 Å². The summed E-state index contributed by atoms with van der Waals surface area (Å²) in [6, 6.07) is -0.278. The SMILES string of the molecule is Cc1n[nH]c(C)c1C(NC(C)C)C(N)=O. The van der Waals surface area contributed by atoms with Crippen molar-refractivity contribution in [2.45, 2.75) is 39.8 Å². The Labute approximate surface area is 89.4 Å². The minimum atomic E-state index is -0.469. The van der Waals surface area contributed by atoms with Crippen molar-refractivity contribution in [2.75, 3.05) is 0 Å². The second-order valence-corrected chi connectivity index (χ2v) is 4.00. The monoisotopic (exact) mass is 210 g/mol. The van der Waals surface area contributed by atoms with Gasteiger partial charge in [0.05, 0.1) is 5.69 Å². The first-order chi connectivity index (χ1) is 6.93. The molecule has 0 aliphatic carbocycles. The van der Waals surface area contributed by atoms with Gasteiger partial charge in [0.15, 0.2) is 0 Å². The number of nitrogens with two attached hydrogens (primary N) is 1. The quantitative estimate of drug-likeness (QED) is 0.678. The molecule has 0 fully saturated rings. The van der Waals surface area contributed by atoms with Crippen LogP contribution < -0.4 is 11.1 Å². The third-order valence-corrected chi connectivity index (χ3v) is 2.26. The molecule has 1 atom stereocenters. The van der Waals surface area contributed by atoms with Crippen LogP contribution >= 0.6 is 0 Å². The van der Waals surface area contributed by atoms with Gasteiger partial charge in [-0.3, -0.25) is 15.2 Å². The molecule has 1 heterocycles. The van der Waals surface area contributed by atoms with Crippen LogP contribution in [0.2, 0.25) is 0 Å². The number of rotatable bonds is 4. The molecule has 0 aliphatic rings. The van der Waals surface area contributed by atoms with Crippen molar-refractivity contribution >= 4 is 5.91 Å². The highest BCUT2D eigenvalue weighted by molar-refractivity contribution is 5.82. The number of carbonyl (C=O) groups excluding carboxylic acids is 1. The lowest BCUT2D eigenvalue weighted by Gasteiger charge is -2.18. The molecule has 0 saturated carbocycles. The maximum atomic E-state index is 11.4. The number of hydrogen-bond acceptors (Lipinski definition) is 3. The summed E-state index contributed by atoms with van der Waals surface area (Å²) in [6.45, 7) is 7.69. The molecule has 4 N–H and O–H groups in total. The van der Waals surface area contributed by atoms with Crippen molar-refractivity contribution in [1.29, 1.82) is 0 Å². The summed E-state index contributed by atoms with van der Waals surface area (Å²) in [7, 11) is 0. The first kappa shape index (κ1) is 11.7. The minimum absolute atomic E-state index is 0.191. The summed E-state index contributed by atoms with van der Waals surface area (Å²) in [4.78, 5) is 11.4. The highest BCUT2D eigenvalue weighted by atomic mass is 16.1. The maximum Gasteiger partial charge on any atom is 0.239 e. The van der Waals surface area contributed by atoms with E-state index in [0.29, 0.717) is 0 Å². The van der Waals surface area contributed by atoms with Crippen molar-refractivity contribution in [3.8, 4) is 0 Å². The van der Waals surface area contributed by atoms with E-state index in [2.05, 4.69) is 15.5 Å². The molecule has 0 saturated heterocycles. The van der Waals surface area contributed by atoms with Crippen LogP contribution in [0.5, 0.6) is 0 Å². The van der Waals surface area contributed by atoms with Gasteiger partial charge in [0.25, 0.3) is 0 Å². The van der Waals surface area contributed by atoms with E-state index in [4.69, 9.17) is 5.73 Å². The Bertz CT molecular complexity index is 337. The molecular weight excluding hydrogens is 192 g/mol. The van der Waals surface area contributed by atoms with Gasteiger partial charge in [0.2, 0.25) is 5.91 Å². The highest BCUT2D eigenvalue weighted by Crippen LogP contribution is 2.19. The first-order valence-electron chi connectivity index (χ1n) is 5.00. The number of hydrogen-bond donors (Lipinski definition) is 3. The van der Waals surface area contributed by atoms with E-state index in [0.717, 1.165) is 17.0 Å². The zero-order valence-electron chi connectivity index (χ0n) is 9.59. The average molecular weight is 210 g/mol. The number of aromatic amines is 1. The fourth-order valence-corrected chi connectivity index (χ4v) is 1.63. The average Bonchev–Trinajstić information content (AvgIpc) is 2.42. The number of nitrogens with zero attached hydrogens (tertiary/aromatic N) is 1. The van der Waals surface area contributed by atoms with Crippen LogP contribution in [0.1, 0.15) is 36.8 Å². The topological polar surface area (TPSA) is 83.8 Å². The Morgan fingerprint density at radius 2 is 2.07 bits per heavy atom. The number of aromatic nitrogens is 2. The Hall–Kier alpha value is -1.36. The van der Waals surface area contributed by atoms with Crippen LogP contribution in [-0.4, -0.2) is 22.1 Å². The molecule has 0 spiro atoms. The summed E-state index contributed by atoms with van der Waals surface area (Å²) >= 11 is 0. The molecule has 1 unspecified atom stereocenters. The predicted octanol–water partition coefficient (Wildman–Crippen LogP) is 0.551. The van der Waals surface area contributed by atoms with Gasteiger partial charge in [0, 0.05) is 17.3 Å². The van der Waals surface area contributed by atoms with Crippen LogP contribution in [0.15, 0.2) is 0 Å². The first-order valence-corrected chi connectivity index (χ1v) is 5.00. The van der Waals surface area contributed by atoms with Crippen molar-refractivity contribution in [3.63, 3.8) is 0 Å². The van der Waals surface area contributed by atoms with Gasteiger partial charge in [-0.15, -0.1) is 0 Å². The van der Waals surface area contributed by atoms with Gasteiger partial charge in [-0.1, -0.05) is 0 Å². The van der Waals surface area contributed by atoms with Crippen molar-refractivity contribution in [3.05, 3.63) is 17.0 Å². The Balaban J connectivity index is 3.04. The van der Waals surface area contributed by atoms with Crippen molar-refractivity contribution in [2.24, 2.45) is 5.73 Å². The van der Waals surface area contributed by atoms with E-state index >= 15 is 0 Å². The summed E-state index contributed by atoms with van der Waals surface area (Å²) in [5, 5.41) is 10.0. The van der Waals surface area contributed by atoms with E-state index in [-0.39, 0.29) is 11.9 Å². The van der Waals surface area contributed by atoms with Crippen molar-refractivity contribution in [1.82, 2.24) is 15.5 Å². The normalized spacial score (nSPS) is 13.1. The van der Waals surface area contributed by atoms with Crippen LogP contribution in [-0.2, 0) is 4.79 Å². The molecule has 5 nitrogen and oxygen atoms in total. The fourth-order valence-electron chi connectivity index (χ4n) is 1.63. The number of primary amides is 1. The lowest BCUT2D eigenvalue weighted by molar-refractivity contribution is -0.120. The molecule has 1 aromatic rings. The van der Waals surface area contributed by atoms with E-state index in [1.807, 2.05) is 27.7 Å². The number of carbonyl (C=O) groups is 1. The molecule has 1 rings (SSSR count). The number of aryl methyl sites for hydroxylation is 2. The molecule has 1 aromatic heterocycles. The summed E-state index contributed by atoms with van der Waals surface area (Å²) < 4.78 is 0. The third-order valence-electron chi connectivity index (χ3n) is 2.26. The third kappa shape index (κ3) is 2.56. The van der Waals surface area contributed by atoms with Gasteiger partial charge in [-0.05, 0) is 27.7 Å². The number of H-pyrrole nitrogens is 1. The molecule has 0 aromatic carbocycles. The van der Waals surface area contributed by atoms with E-state index in [1.165, 1.54) is 0 Å². The van der Waals surface area contributed by atoms with Gasteiger partial charge in [-0.25, -0.2) is 0 Å². The molecule has 84 valence electrons. The maximum absolute atomic E-state index is 11.4. The Morgan fingerprint density at radius 1 is 1.47 bits per heavy atom. The molecular formula is C10H18N4O. The van der Waals surface area contributed by atoms with Crippen LogP contribution in [0.25, 0.3) is 0 Å². The molecule has 15 heavy (non-hydrogen) atoms. The number of nitrogens with one attached hydrogen (secondary N) is 2. The van der Waals surface area contributed by atoms with E-state index in [9.17, 15) is 4.79 Å². The van der Waals surface area contributed by atoms with Gasteiger partial charge in [-0.2, -0.15) is 5.10 Å². The summed E-state index contributed by atoms with van der Waals surface area (Å²) in [6.07, 6.45) is 0. The number of amides is 1. The highest BCUT2D eigenvalue weighted by Gasteiger charge is 2.23. The fraction of sp³-hybridized carbons (Fsp3) is 0.600. The lowest BCUT2D eigenvalue weighted by atomic mass is 10.0. The van der Waals surface area contributed by atoms with Crippen LogP contribution in [0.4, 0.5) is 0 Å². The zero-order valence-corrected chi connectivity index (χ0v) is 9.59. The van der Waals surface area contributed by atoms with Crippen molar-refractivity contribution < 1.29 is 4.79 Å². The summed E-state index contributed by atoms with van der Waals surface area (Å²) in [5.41, 5.74) is 7.92. The smallest absolute Gasteiger partial charge is 0.239 e. The van der Waals surface area contributed by atoms with E-state index < -0.39 is 6.04 Å². The lowest BCUT2D eigenvalue weighted by Crippen LogP contribution is -2.38. The molecule has 1 amide bonds. The molecule has 0 bridgehead atoms. The second-order valence-electron chi connectivity index (χ2n) is 4.00. The van der Waals surface area contributed by atoms with E-state index in [1.54, 1.807) is 0 Å². The van der Waals surface area contributed by atoms with Gasteiger partial charge < -0.3 is 5.73 Å².